The van der Waals surface area contributed by atoms with E-state index < -0.39 is 5.97 Å². The second kappa shape index (κ2) is 8.59. The molecule has 2 aliphatic rings. The molecule has 0 radical (unpaired) electrons. The summed E-state index contributed by atoms with van der Waals surface area (Å²) in [4.78, 5) is 24.9. The highest BCUT2D eigenvalue weighted by atomic mass is 16.5. The molecule has 148 valence electrons. The third-order valence-electron chi connectivity index (χ3n) is 5.49. The van der Waals surface area contributed by atoms with E-state index in [1.807, 2.05) is 30.3 Å². The standard InChI is InChI=1S/C22H27N3O3/c26-21(23-17-8-4-1-2-5-9-17)15-28-22(27)20-14-19(16-12-13-16)24-25(20)18-10-6-3-7-11-18/h3,6-7,10-11,14,16-17H,1-2,4-5,8-9,12-13,15H2,(H,23,26). The first-order valence-electron chi connectivity index (χ1n) is 10.3. The van der Waals surface area contributed by atoms with Crippen molar-refractivity contribution in [2.75, 3.05) is 6.61 Å². The summed E-state index contributed by atoms with van der Waals surface area (Å²) >= 11 is 0. The monoisotopic (exact) mass is 381 g/mol. The van der Waals surface area contributed by atoms with E-state index in [1.165, 1.54) is 12.8 Å². The van der Waals surface area contributed by atoms with E-state index in [1.54, 1.807) is 10.7 Å². The number of carbonyl (C=O) groups excluding carboxylic acids is 2. The number of nitrogens with zero attached hydrogens (tertiary/aromatic N) is 2. The molecule has 4 rings (SSSR count). The Balaban J connectivity index is 1.40. The van der Waals surface area contributed by atoms with Gasteiger partial charge in [-0.2, -0.15) is 5.10 Å². The number of benzene rings is 1. The summed E-state index contributed by atoms with van der Waals surface area (Å²) in [5.41, 5.74) is 2.10. The SMILES string of the molecule is O=C(COC(=O)c1cc(C2CC2)nn1-c1ccccc1)NC1CCCCCC1. The van der Waals surface area contributed by atoms with E-state index in [4.69, 9.17) is 4.74 Å². The molecule has 2 fully saturated rings. The molecule has 0 bridgehead atoms. The fraction of sp³-hybridized carbons (Fsp3) is 0.500. The number of carbonyl (C=O) groups is 2. The number of nitrogens with one attached hydrogen (secondary N) is 1. The van der Waals surface area contributed by atoms with Crippen molar-refractivity contribution in [3.63, 3.8) is 0 Å². The molecule has 1 aromatic carbocycles. The smallest absolute Gasteiger partial charge is 0.357 e. The highest BCUT2D eigenvalue weighted by Gasteiger charge is 2.29. The highest BCUT2D eigenvalue weighted by molar-refractivity contribution is 5.90. The van der Waals surface area contributed by atoms with Gasteiger partial charge in [0.05, 0.1) is 11.4 Å². The first kappa shape index (κ1) is 18.7. The number of amides is 1. The van der Waals surface area contributed by atoms with Crippen molar-refractivity contribution < 1.29 is 14.3 Å². The molecular formula is C22H27N3O3. The summed E-state index contributed by atoms with van der Waals surface area (Å²) in [6, 6.07) is 11.5. The summed E-state index contributed by atoms with van der Waals surface area (Å²) in [6.45, 7) is -0.256. The number of rotatable bonds is 6. The number of para-hydroxylation sites is 1. The molecular weight excluding hydrogens is 354 g/mol. The molecule has 6 nitrogen and oxygen atoms in total. The Morgan fingerprint density at radius 1 is 1.04 bits per heavy atom. The van der Waals surface area contributed by atoms with Crippen molar-refractivity contribution in [2.45, 2.75) is 63.3 Å². The largest absolute Gasteiger partial charge is 0.451 e. The van der Waals surface area contributed by atoms with Crippen molar-refractivity contribution in [1.29, 1.82) is 0 Å². The Bertz CT molecular complexity index is 819. The normalized spacial score (nSPS) is 17.7. The predicted molar refractivity (Wildman–Crippen MR) is 105 cm³/mol. The van der Waals surface area contributed by atoms with Gasteiger partial charge in [-0.3, -0.25) is 4.79 Å². The molecule has 1 N–H and O–H groups in total. The molecule has 0 saturated heterocycles. The zero-order chi connectivity index (χ0) is 19.3. The van der Waals surface area contributed by atoms with Crippen LogP contribution in [0.2, 0.25) is 0 Å². The number of aromatic nitrogens is 2. The summed E-state index contributed by atoms with van der Waals surface area (Å²) in [7, 11) is 0. The molecule has 1 aromatic heterocycles. The van der Waals surface area contributed by atoms with Gasteiger partial charge in [0.15, 0.2) is 12.3 Å². The fourth-order valence-corrected chi connectivity index (χ4v) is 3.79. The molecule has 0 aliphatic heterocycles. The van der Waals surface area contributed by atoms with Crippen LogP contribution in [0, 0.1) is 0 Å². The number of esters is 1. The Morgan fingerprint density at radius 2 is 1.75 bits per heavy atom. The van der Waals surface area contributed by atoms with Gasteiger partial charge in [-0.1, -0.05) is 43.9 Å². The van der Waals surface area contributed by atoms with Gasteiger partial charge >= 0.3 is 5.97 Å². The van der Waals surface area contributed by atoms with Crippen LogP contribution >= 0.6 is 0 Å². The van der Waals surface area contributed by atoms with Crippen LogP contribution in [0.15, 0.2) is 36.4 Å². The summed E-state index contributed by atoms with van der Waals surface area (Å²) in [6.07, 6.45) is 8.96. The van der Waals surface area contributed by atoms with E-state index in [-0.39, 0.29) is 18.6 Å². The number of ether oxygens (including phenoxy) is 1. The molecule has 2 aliphatic carbocycles. The quantitative estimate of drug-likeness (QED) is 0.611. The lowest BCUT2D eigenvalue weighted by Gasteiger charge is -2.16. The fourth-order valence-electron chi connectivity index (χ4n) is 3.79. The Hall–Kier alpha value is -2.63. The third kappa shape index (κ3) is 4.61. The molecule has 2 saturated carbocycles. The highest BCUT2D eigenvalue weighted by Crippen LogP contribution is 2.39. The van der Waals surface area contributed by atoms with Crippen molar-refractivity contribution in [1.82, 2.24) is 15.1 Å². The maximum Gasteiger partial charge on any atom is 0.357 e. The molecule has 0 spiro atoms. The molecule has 2 aromatic rings. The molecule has 0 atom stereocenters. The predicted octanol–water partition coefficient (Wildman–Crippen LogP) is 3.75. The van der Waals surface area contributed by atoms with Crippen molar-refractivity contribution in [3.05, 3.63) is 47.8 Å². The minimum absolute atomic E-state index is 0.199. The van der Waals surface area contributed by atoms with Crippen LogP contribution in [0.4, 0.5) is 0 Å². The Labute approximate surface area is 165 Å². The lowest BCUT2D eigenvalue weighted by molar-refractivity contribution is -0.125. The van der Waals surface area contributed by atoms with Gasteiger partial charge in [0.2, 0.25) is 0 Å². The second-order valence-electron chi connectivity index (χ2n) is 7.81. The van der Waals surface area contributed by atoms with Crippen LogP contribution in [0.1, 0.15) is 73.5 Å². The summed E-state index contributed by atoms with van der Waals surface area (Å²) < 4.78 is 6.95. The Kier molecular flexibility index (Phi) is 5.74. The van der Waals surface area contributed by atoms with Crippen molar-refractivity contribution in [3.8, 4) is 5.69 Å². The van der Waals surface area contributed by atoms with Gasteiger partial charge in [0, 0.05) is 12.0 Å². The van der Waals surface area contributed by atoms with Crippen LogP contribution in [-0.2, 0) is 9.53 Å². The van der Waals surface area contributed by atoms with Crippen LogP contribution in [-0.4, -0.2) is 34.3 Å². The minimum atomic E-state index is -0.515. The maximum absolute atomic E-state index is 12.7. The van der Waals surface area contributed by atoms with Crippen LogP contribution in [0.25, 0.3) is 5.69 Å². The lowest BCUT2D eigenvalue weighted by atomic mass is 10.1. The van der Waals surface area contributed by atoms with Gasteiger partial charge in [-0.25, -0.2) is 9.48 Å². The van der Waals surface area contributed by atoms with Crippen LogP contribution in [0.3, 0.4) is 0 Å². The maximum atomic E-state index is 12.7. The molecule has 1 heterocycles. The minimum Gasteiger partial charge on any atom is -0.451 e. The first-order chi connectivity index (χ1) is 13.7. The van der Waals surface area contributed by atoms with Gasteiger partial charge in [0.25, 0.3) is 5.91 Å². The van der Waals surface area contributed by atoms with E-state index in [0.717, 1.165) is 49.9 Å². The topological polar surface area (TPSA) is 73.2 Å². The summed E-state index contributed by atoms with van der Waals surface area (Å²) in [5.74, 6) is -0.317. The zero-order valence-electron chi connectivity index (χ0n) is 16.1. The van der Waals surface area contributed by atoms with E-state index in [2.05, 4.69) is 10.4 Å². The van der Waals surface area contributed by atoms with Crippen LogP contribution in [0.5, 0.6) is 0 Å². The Morgan fingerprint density at radius 3 is 2.43 bits per heavy atom. The number of hydrogen-bond acceptors (Lipinski definition) is 4. The van der Waals surface area contributed by atoms with E-state index >= 15 is 0 Å². The first-order valence-corrected chi connectivity index (χ1v) is 10.3. The van der Waals surface area contributed by atoms with E-state index in [9.17, 15) is 9.59 Å². The molecule has 6 heteroatoms. The second-order valence-corrected chi connectivity index (χ2v) is 7.81. The van der Waals surface area contributed by atoms with Gasteiger partial charge in [-0.05, 0) is 43.9 Å². The number of hydrogen-bond donors (Lipinski definition) is 1. The molecule has 0 unspecified atom stereocenters. The summed E-state index contributed by atoms with van der Waals surface area (Å²) in [5, 5.41) is 7.62. The van der Waals surface area contributed by atoms with Crippen molar-refractivity contribution in [2.24, 2.45) is 0 Å². The molecule has 28 heavy (non-hydrogen) atoms. The lowest BCUT2D eigenvalue weighted by Crippen LogP contribution is -2.37. The average Bonchev–Trinajstić information content (AvgIpc) is 3.51. The van der Waals surface area contributed by atoms with E-state index in [0.29, 0.717) is 11.6 Å². The molecule has 1 amide bonds. The van der Waals surface area contributed by atoms with Gasteiger partial charge in [-0.15, -0.1) is 0 Å². The van der Waals surface area contributed by atoms with Gasteiger partial charge in [0.1, 0.15) is 0 Å². The van der Waals surface area contributed by atoms with Crippen LogP contribution < -0.4 is 5.32 Å². The zero-order valence-corrected chi connectivity index (χ0v) is 16.1. The van der Waals surface area contributed by atoms with Gasteiger partial charge < -0.3 is 10.1 Å². The third-order valence-corrected chi connectivity index (χ3v) is 5.49. The van der Waals surface area contributed by atoms with Crippen molar-refractivity contribution >= 4 is 11.9 Å². The average molecular weight is 381 g/mol.